The fraction of sp³-hybridized carbons (Fsp3) is 0.769. The average Bonchev–Trinajstić information content (AvgIpc) is 2.48. The number of nitrogens with zero attached hydrogens (tertiary/aromatic N) is 1. The summed E-state index contributed by atoms with van der Waals surface area (Å²) in [6.07, 6.45) is 2.78. The minimum Gasteiger partial charge on any atom is -0.444 e. The van der Waals surface area contributed by atoms with Gasteiger partial charge in [0, 0.05) is 6.42 Å². The number of oxazole rings is 1. The van der Waals surface area contributed by atoms with Crippen molar-refractivity contribution >= 4 is 0 Å². The second-order valence-electron chi connectivity index (χ2n) is 5.98. The lowest BCUT2D eigenvalue weighted by Crippen LogP contribution is -2.19. The van der Waals surface area contributed by atoms with Crippen molar-refractivity contribution in [3.63, 3.8) is 0 Å². The summed E-state index contributed by atoms with van der Waals surface area (Å²) in [5.41, 5.74) is 0.252. The number of hydrogen-bond acceptors (Lipinski definition) is 3. The largest absolute Gasteiger partial charge is 0.444 e. The van der Waals surface area contributed by atoms with Crippen LogP contribution < -0.4 is 5.32 Å². The third-order valence-electron chi connectivity index (χ3n) is 2.13. The van der Waals surface area contributed by atoms with Gasteiger partial charge in [0.2, 0.25) is 5.89 Å². The molecule has 0 aliphatic rings. The lowest BCUT2D eigenvalue weighted by atomic mass is 9.91. The predicted octanol–water partition coefficient (Wildman–Crippen LogP) is 3.01. The number of nitrogens with one attached hydrogen (secondary N) is 1. The minimum atomic E-state index is 0.252. The maximum atomic E-state index is 5.67. The molecule has 0 bridgehead atoms. The van der Waals surface area contributed by atoms with Gasteiger partial charge in [-0.2, -0.15) is 0 Å². The molecule has 1 heterocycles. The molecule has 1 N–H and O–H groups in total. The first-order valence-electron chi connectivity index (χ1n) is 6.01. The van der Waals surface area contributed by atoms with Crippen molar-refractivity contribution in [2.75, 3.05) is 6.54 Å². The lowest BCUT2D eigenvalue weighted by molar-refractivity contribution is 0.347. The molecule has 0 saturated heterocycles. The van der Waals surface area contributed by atoms with Crippen molar-refractivity contribution in [1.82, 2.24) is 10.3 Å². The van der Waals surface area contributed by atoms with Crippen molar-refractivity contribution < 1.29 is 4.42 Å². The molecule has 0 amide bonds. The minimum absolute atomic E-state index is 0.252. The Kier molecular flexibility index (Phi) is 4.54. The van der Waals surface area contributed by atoms with Crippen LogP contribution in [0.2, 0.25) is 0 Å². The van der Waals surface area contributed by atoms with Gasteiger partial charge in [0.25, 0.3) is 0 Å². The summed E-state index contributed by atoms with van der Waals surface area (Å²) in [5.74, 6) is 2.43. The van der Waals surface area contributed by atoms with Crippen molar-refractivity contribution in [3.8, 4) is 0 Å². The highest BCUT2D eigenvalue weighted by molar-refractivity contribution is 4.96. The highest BCUT2D eigenvalue weighted by Gasteiger charge is 2.14. The van der Waals surface area contributed by atoms with Gasteiger partial charge in [-0.25, -0.2) is 4.98 Å². The van der Waals surface area contributed by atoms with E-state index in [1.807, 2.05) is 6.20 Å². The fourth-order valence-corrected chi connectivity index (χ4v) is 1.50. The van der Waals surface area contributed by atoms with Crippen LogP contribution in [0.25, 0.3) is 0 Å². The zero-order valence-corrected chi connectivity index (χ0v) is 11.1. The molecule has 0 atom stereocenters. The summed E-state index contributed by atoms with van der Waals surface area (Å²) in [4.78, 5) is 4.27. The quantitative estimate of drug-likeness (QED) is 0.835. The van der Waals surface area contributed by atoms with E-state index in [9.17, 15) is 0 Å². The second kappa shape index (κ2) is 5.48. The molecule has 0 spiro atoms. The molecule has 3 heteroatoms. The van der Waals surface area contributed by atoms with Crippen molar-refractivity contribution in [2.24, 2.45) is 11.3 Å². The van der Waals surface area contributed by atoms with Gasteiger partial charge in [-0.3, -0.25) is 0 Å². The first kappa shape index (κ1) is 13.2. The Morgan fingerprint density at radius 2 is 2.06 bits per heavy atom. The normalized spacial score (nSPS) is 12.4. The summed E-state index contributed by atoms with van der Waals surface area (Å²) in [5, 5.41) is 3.32. The molecule has 0 aliphatic carbocycles. The SMILES string of the molecule is CC(C)CNCc1ncc(CC(C)(C)C)o1. The Labute approximate surface area is 98.6 Å². The Balaban J connectivity index is 2.40. The van der Waals surface area contributed by atoms with Crippen molar-refractivity contribution in [3.05, 3.63) is 17.8 Å². The van der Waals surface area contributed by atoms with Gasteiger partial charge < -0.3 is 9.73 Å². The molecule has 0 aromatic carbocycles. The van der Waals surface area contributed by atoms with Crippen molar-refractivity contribution in [2.45, 2.75) is 47.6 Å². The maximum Gasteiger partial charge on any atom is 0.208 e. The Morgan fingerprint density at radius 1 is 1.38 bits per heavy atom. The highest BCUT2D eigenvalue weighted by Crippen LogP contribution is 2.20. The number of aromatic nitrogens is 1. The highest BCUT2D eigenvalue weighted by atomic mass is 16.4. The lowest BCUT2D eigenvalue weighted by Gasteiger charge is -2.15. The third-order valence-corrected chi connectivity index (χ3v) is 2.13. The van der Waals surface area contributed by atoms with E-state index in [0.29, 0.717) is 5.92 Å². The molecule has 92 valence electrons. The number of hydrogen-bond donors (Lipinski definition) is 1. The molecule has 1 rings (SSSR count). The number of rotatable bonds is 5. The zero-order chi connectivity index (χ0) is 12.2. The van der Waals surface area contributed by atoms with Gasteiger partial charge in [0.1, 0.15) is 5.76 Å². The molecular formula is C13H24N2O. The Bertz CT molecular complexity index is 310. The van der Waals surface area contributed by atoms with Crippen LogP contribution in [0.4, 0.5) is 0 Å². The van der Waals surface area contributed by atoms with Gasteiger partial charge in [-0.05, 0) is 17.9 Å². The molecule has 0 unspecified atom stereocenters. The van der Waals surface area contributed by atoms with Gasteiger partial charge >= 0.3 is 0 Å². The van der Waals surface area contributed by atoms with E-state index in [0.717, 1.165) is 31.2 Å². The molecule has 1 aromatic heterocycles. The van der Waals surface area contributed by atoms with Gasteiger partial charge in [0.15, 0.2) is 0 Å². The van der Waals surface area contributed by atoms with Crippen molar-refractivity contribution in [1.29, 1.82) is 0 Å². The summed E-state index contributed by atoms with van der Waals surface area (Å²) in [6.45, 7) is 12.7. The summed E-state index contributed by atoms with van der Waals surface area (Å²) >= 11 is 0. The third kappa shape index (κ3) is 5.31. The van der Waals surface area contributed by atoms with E-state index in [-0.39, 0.29) is 5.41 Å². The van der Waals surface area contributed by atoms with E-state index in [1.54, 1.807) is 0 Å². The molecule has 0 saturated carbocycles. The van der Waals surface area contributed by atoms with Crippen LogP contribution in [0.15, 0.2) is 10.6 Å². The van der Waals surface area contributed by atoms with Crippen LogP contribution in [0, 0.1) is 11.3 Å². The maximum absolute atomic E-state index is 5.67. The monoisotopic (exact) mass is 224 g/mol. The van der Waals surface area contributed by atoms with E-state index in [2.05, 4.69) is 44.9 Å². The zero-order valence-electron chi connectivity index (χ0n) is 11.1. The molecule has 1 aromatic rings. The van der Waals surface area contributed by atoms with Crippen LogP contribution in [-0.4, -0.2) is 11.5 Å². The average molecular weight is 224 g/mol. The van der Waals surface area contributed by atoms with Gasteiger partial charge in [-0.1, -0.05) is 34.6 Å². The summed E-state index contributed by atoms with van der Waals surface area (Å²) < 4.78 is 5.67. The molecule has 0 aliphatic heterocycles. The first-order chi connectivity index (χ1) is 7.37. The molecule has 0 fully saturated rings. The predicted molar refractivity (Wildman–Crippen MR) is 66.2 cm³/mol. The van der Waals surface area contributed by atoms with E-state index < -0.39 is 0 Å². The van der Waals surface area contributed by atoms with E-state index >= 15 is 0 Å². The second-order valence-corrected chi connectivity index (χ2v) is 5.98. The van der Waals surface area contributed by atoms with Crippen LogP contribution in [0.3, 0.4) is 0 Å². The molecule has 0 radical (unpaired) electrons. The topological polar surface area (TPSA) is 38.1 Å². The summed E-state index contributed by atoms with van der Waals surface area (Å²) in [6, 6.07) is 0. The first-order valence-corrected chi connectivity index (χ1v) is 6.01. The Morgan fingerprint density at radius 3 is 2.62 bits per heavy atom. The summed E-state index contributed by atoms with van der Waals surface area (Å²) in [7, 11) is 0. The Hall–Kier alpha value is -0.830. The van der Waals surface area contributed by atoms with E-state index in [1.165, 1.54) is 0 Å². The van der Waals surface area contributed by atoms with E-state index in [4.69, 9.17) is 4.42 Å². The fourth-order valence-electron chi connectivity index (χ4n) is 1.50. The molecular weight excluding hydrogens is 200 g/mol. The molecule has 3 nitrogen and oxygen atoms in total. The smallest absolute Gasteiger partial charge is 0.208 e. The van der Waals surface area contributed by atoms with Crippen LogP contribution >= 0.6 is 0 Å². The van der Waals surface area contributed by atoms with Gasteiger partial charge in [-0.15, -0.1) is 0 Å². The molecule has 16 heavy (non-hydrogen) atoms. The van der Waals surface area contributed by atoms with Crippen LogP contribution in [-0.2, 0) is 13.0 Å². The van der Waals surface area contributed by atoms with Crippen LogP contribution in [0.1, 0.15) is 46.3 Å². The standard InChI is InChI=1S/C13H24N2O/c1-10(2)7-14-9-12-15-8-11(16-12)6-13(3,4)5/h8,10,14H,6-7,9H2,1-5H3. The van der Waals surface area contributed by atoms with Crippen LogP contribution in [0.5, 0.6) is 0 Å². The van der Waals surface area contributed by atoms with Gasteiger partial charge in [0.05, 0.1) is 12.7 Å².